The molecule has 1 aromatic rings. The van der Waals surface area contributed by atoms with Crippen LogP contribution < -0.4 is 5.73 Å². The molecule has 0 spiro atoms. The van der Waals surface area contributed by atoms with Gasteiger partial charge in [0, 0.05) is 12.0 Å². The molecule has 0 unspecified atom stereocenters. The SMILES string of the molecule is COC(=O)[C@@H](N)Cc1c(F)c(Cl)c(F)c(Cl)c1F. The Morgan fingerprint density at radius 3 is 2.06 bits per heavy atom. The number of halogens is 5. The van der Waals surface area contributed by atoms with Crippen molar-refractivity contribution >= 4 is 29.2 Å². The lowest BCUT2D eigenvalue weighted by molar-refractivity contribution is -0.142. The Bertz CT molecular complexity index is 467. The highest BCUT2D eigenvalue weighted by Crippen LogP contribution is 2.32. The highest BCUT2D eigenvalue weighted by molar-refractivity contribution is 6.35. The fourth-order valence-corrected chi connectivity index (χ4v) is 1.75. The molecule has 100 valence electrons. The number of hydrogen-bond donors (Lipinski definition) is 1. The Balaban J connectivity index is 3.22. The van der Waals surface area contributed by atoms with Crippen LogP contribution in [0, 0.1) is 17.5 Å². The van der Waals surface area contributed by atoms with Crippen LogP contribution in [0.4, 0.5) is 13.2 Å². The van der Waals surface area contributed by atoms with Gasteiger partial charge in [-0.1, -0.05) is 23.2 Å². The minimum atomic E-state index is -1.40. The fourth-order valence-electron chi connectivity index (χ4n) is 1.28. The summed E-state index contributed by atoms with van der Waals surface area (Å²) in [6.45, 7) is 0. The molecule has 0 heterocycles. The van der Waals surface area contributed by atoms with E-state index in [1.807, 2.05) is 0 Å². The zero-order valence-electron chi connectivity index (χ0n) is 9.07. The number of carbonyl (C=O) groups excluding carboxylic acids is 1. The molecule has 1 rings (SSSR count). The normalized spacial score (nSPS) is 12.4. The Labute approximate surface area is 111 Å². The van der Waals surface area contributed by atoms with Crippen LogP contribution in [0.25, 0.3) is 0 Å². The molecule has 18 heavy (non-hydrogen) atoms. The predicted octanol–water partition coefficient (Wildman–Crippen LogP) is 2.45. The highest BCUT2D eigenvalue weighted by atomic mass is 35.5. The number of nitrogens with two attached hydrogens (primary N) is 1. The van der Waals surface area contributed by atoms with E-state index in [1.54, 1.807) is 0 Å². The average molecular weight is 302 g/mol. The summed E-state index contributed by atoms with van der Waals surface area (Å²) in [5.74, 6) is -4.94. The maximum absolute atomic E-state index is 13.6. The van der Waals surface area contributed by atoms with Crippen molar-refractivity contribution in [1.82, 2.24) is 0 Å². The molecular weight excluding hydrogens is 294 g/mol. The summed E-state index contributed by atoms with van der Waals surface area (Å²) in [7, 11) is 1.07. The van der Waals surface area contributed by atoms with Gasteiger partial charge in [-0.25, -0.2) is 13.2 Å². The van der Waals surface area contributed by atoms with Crippen LogP contribution in [-0.4, -0.2) is 19.1 Å². The average Bonchev–Trinajstić information content (AvgIpc) is 2.37. The molecule has 0 aliphatic rings. The quantitative estimate of drug-likeness (QED) is 0.530. The van der Waals surface area contributed by atoms with Crippen molar-refractivity contribution in [2.24, 2.45) is 5.73 Å². The first kappa shape index (κ1) is 15.1. The van der Waals surface area contributed by atoms with Crippen LogP contribution in [0.2, 0.25) is 10.0 Å². The molecule has 0 radical (unpaired) electrons. The monoisotopic (exact) mass is 301 g/mol. The number of methoxy groups -OCH3 is 1. The third kappa shape index (κ3) is 2.71. The molecule has 0 bridgehead atoms. The van der Waals surface area contributed by atoms with E-state index in [0.717, 1.165) is 7.11 Å². The largest absolute Gasteiger partial charge is 0.468 e. The van der Waals surface area contributed by atoms with Gasteiger partial charge in [0.25, 0.3) is 0 Å². The molecular formula is C10H8Cl2F3NO2. The maximum Gasteiger partial charge on any atom is 0.322 e. The van der Waals surface area contributed by atoms with E-state index in [2.05, 4.69) is 4.74 Å². The minimum Gasteiger partial charge on any atom is -0.468 e. The Morgan fingerprint density at radius 2 is 1.67 bits per heavy atom. The molecule has 3 nitrogen and oxygen atoms in total. The summed E-state index contributed by atoms with van der Waals surface area (Å²) < 4.78 is 44.5. The van der Waals surface area contributed by atoms with Gasteiger partial charge >= 0.3 is 5.97 Å². The predicted molar refractivity (Wildman–Crippen MR) is 60.0 cm³/mol. The Hall–Kier alpha value is -0.980. The Morgan fingerprint density at radius 1 is 1.22 bits per heavy atom. The van der Waals surface area contributed by atoms with Crippen molar-refractivity contribution in [2.75, 3.05) is 7.11 Å². The summed E-state index contributed by atoms with van der Waals surface area (Å²) in [6, 6.07) is -1.31. The van der Waals surface area contributed by atoms with Crippen molar-refractivity contribution in [3.63, 3.8) is 0 Å². The molecule has 0 aromatic heterocycles. The molecule has 0 amide bonds. The molecule has 0 aliphatic carbocycles. The first-order valence-corrected chi connectivity index (χ1v) is 5.40. The minimum absolute atomic E-state index is 0.552. The van der Waals surface area contributed by atoms with Crippen molar-refractivity contribution in [2.45, 2.75) is 12.5 Å². The number of rotatable bonds is 3. The van der Waals surface area contributed by atoms with E-state index in [9.17, 15) is 18.0 Å². The second-order valence-corrected chi connectivity index (χ2v) is 4.14. The lowest BCUT2D eigenvalue weighted by Gasteiger charge is -2.13. The van der Waals surface area contributed by atoms with Crippen molar-refractivity contribution in [1.29, 1.82) is 0 Å². The number of hydrogen-bond acceptors (Lipinski definition) is 3. The van der Waals surface area contributed by atoms with Crippen molar-refractivity contribution < 1.29 is 22.7 Å². The summed E-state index contributed by atoms with van der Waals surface area (Å²) in [4.78, 5) is 11.0. The summed E-state index contributed by atoms with van der Waals surface area (Å²) in [5, 5.41) is -1.90. The molecule has 1 atom stereocenters. The van der Waals surface area contributed by atoms with Crippen LogP contribution in [-0.2, 0) is 16.0 Å². The second kappa shape index (κ2) is 5.77. The van der Waals surface area contributed by atoms with Crippen molar-refractivity contribution in [3.8, 4) is 0 Å². The molecule has 1 aromatic carbocycles. The van der Waals surface area contributed by atoms with Gasteiger partial charge in [-0.15, -0.1) is 0 Å². The Kier molecular flexibility index (Phi) is 4.84. The zero-order chi connectivity index (χ0) is 14.0. The summed E-state index contributed by atoms with van der Waals surface area (Å²) in [6.07, 6.45) is -0.552. The van der Waals surface area contributed by atoms with E-state index >= 15 is 0 Å². The lowest BCUT2D eigenvalue weighted by Crippen LogP contribution is -2.34. The number of ether oxygens (including phenoxy) is 1. The molecule has 0 fully saturated rings. The van der Waals surface area contributed by atoms with E-state index in [-0.39, 0.29) is 0 Å². The highest BCUT2D eigenvalue weighted by Gasteiger charge is 2.26. The first-order valence-electron chi connectivity index (χ1n) is 4.65. The van der Waals surface area contributed by atoms with E-state index < -0.39 is 51.5 Å². The van der Waals surface area contributed by atoms with Crippen LogP contribution in [0.3, 0.4) is 0 Å². The lowest BCUT2D eigenvalue weighted by atomic mass is 10.0. The number of esters is 1. The topological polar surface area (TPSA) is 52.3 Å². The van der Waals surface area contributed by atoms with E-state index in [0.29, 0.717) is 0 Å². The van der Waals surface area contributed by atoms with Gasteiger partial charge < -0.3 is 10.5 Å². The van der Waals surface area contributed by atoms with E-state index in [1.165, 1.54) is 0 Å². The second-order valence-electron chi connectivity index (χ2n) is 3.38. The standard InChI is InChI=1S/C10H8Cl2F3NO2/c1-18-10(17)4(16)2-3-7(13)5(11)9(15)6(12)8(3)14/h4H,2,16H2,1H3/t4-/m0/s1. The van der Waals surface area contributed by atoms with Gasteiger partial charge in [0.2, 0.25) is 0 Å². The smallest absolute Gasteiger partial charge is 0.322 e. The van der Waals surface area contributed by atoms with Crippen LogP contribution in [0.1, 0.15) is 5.56 Å². The van der Waals surface area contributed by atoms with Crippen LogP contribution in [0.5, 0.6) is 0 Å². The summed E-state index contributed by atoms with van der Waals surface area (Å²) in [5.41, 5.74) is 4.69. The van der Waals surface area contributed by atoms with Gasteiger partial charge in [0.1, 0.15) is 16.1 Å². The maximum atomic E-state index is 13.6. The number of carbonyl (C=O) groups is 1. The molecule has 0 aliphatic heterocycles. The third-order valence-corrected chi connectivity index (χ3v) is 2.89. The molecule has 2 N–H and O–H groups in total. The van der Waals surface area contributed by atoms with E-state index in [4.69, 9.17) is 28.9 Å². The van der Waals surface area contributed by atoms with Gasteiger partial charge in [-0.05, 0) is 0 Å². The molecule has 0 saturated carbocycles. The molecule has 0 saturated heterocycles. The van der Waals surface area contributed by atoms with Crippen LogP contribution in [0.15, 0.2) is 0 Å². The van der Waals surface area contributed by atoms with Crippen LogP contribution >= 0.6 is 23.2 Å². The molecule has 8 heteroatoms. The third-order valence-electron chi connectivity index (χ3n) is 2.23. The fraction of sp³-hybridized carbons (Fsp3) is 0.300. The van der Waals surface area contributed by atoms with Gasteiger partial charge in [0.05, 0.1) is 7.11 Å². The summed E-state index contributed by atoms with van der Waals surface area (Å²) >= 11 is 10.6. The van der Waals surface area contributed by atoms with Gasteiger partial charge in [-0.2, -0.15) is 0 Å². The first-order chi connectivity index (χ1) is 8.31. The zero-order valence-corrected chi connectivity index (χ0v) is 10.6. The van der Waals surface area contributed by atoms with Gasteiger partial charge in [-0.3, -0.25) is 4.79 Å². The van der Waals surface area contributed by atoms with Crippen molar-refractivity contribution in [3.05, 3.63) is 33.1 Å². The number of benzene rings is 1. The van der Waals surface area contributed by atoms with Gasteiger partial charge in [0.15, 0.2) is 17.5 Å².